The van der Waals surface area contributed by atoms with Crippen LogP contribution in [0.5, 0.6) is 0 Å². The molecule has 0 saturated carbocycles. The molecule has 0 atom stereocenters. The molecule has 0 aliphatic heterocycles. The van der Waals surface area contributed by atoms with Crippen LogP contribution in [0.3, 0.4) is 0 Å². The summed E-state index contributed by atoms with van der Waals surface area (Å²) in [4.78, 5) is 11.2. The van der Waals surface area contributed by atoms with Crippen LogP contribution in [0.2, 0.25) is 0 Å². The lowest BCUT2D eigenvalue weighted by atomic mass is 10.2. The Kier molecular flexibility index (Phi) is 3.90. The Morgan fingerprint density at radius 2 is 2.27 bits per heavy atom. The van der Waals surface area contributed by atoms with E-state index >= 15 is 0 Å². The van der Waals surface area contributed by atoms with Crippen molar-refractivity contribution in [3.05, 3.63) is 62.2 Å². The third-order valence-electron chi connectivity index (χ3n) is 2.80. The number of aromatic amines is 1. The Balaban J connectivity index is 1.97. The average Bonchev–Trinajstić information content (AvgIpc) is 3.15. The van der Waals surface area contributed by atoms with E-state index in [0.717, 1.165) is 4.88 Å². The van der Waals surface area contributed by atoms with Gasteiger partial charge in [-0.3, -0.25) is 10.1 Å². The molecule has 1 N–H and O–H groups in total. The Hall–Kier alpha value is -2.65. The molecule has 3 rings (SSSR count). The van der Waals surface area contributed by atoms with E-state index in [1.54, 1.807) is 12.1 Å². The number of thiophene rings is 1. The van der Waals surface area contributed by atoms with Crippen LogP contribution in [-0.4, -0.2) is 26.0 Å². The van der Waals surface area contributed by atoms with Gasteiger partial charge in [0.2, 0.25) is 4.77 Å². The maximum Gasteiger partial charge on any atom is 0.270 e. The maximum atomic E-state index is 10.8. The van der Waals surface area contributed by atoms with Gasteiger partial charge in [0, 0.05) is 17.7 Å². The summed E-state index contributed by atoms with van der Waals surface area (Å²) in [6.07, 6.45) is 1.51. The highest BCUT2D eigenvalue weighted by Crippen LogP contribution is 2.22. The van der Waals surface area contributed by atoms with Crippen molar-refractivity contribution in [2.45, 2.75) is 0 Å². The average molecular weight is 331 g/mol. The third-order valence-corrected chi connectivity index (χ3v) is 3.93. The quantitative estimate of drug-likeness (QED) is 0.343. The Bertz CT molecular complexity index is 895. The molecule has 1 aromatic carbocycles. The zero-order valence-corrected chi connectivity index (χ0v) is 12.7. The summed E-state index contributed by atoms with van der Waals surface area (Å²) < 4.78 is 1.84. The number of H-pyrrole nitrogens is 1. The number of nitro groups is 1. The fourth-order valence-electron chi connectivity index (χ4n) is 1.81. The fourth-order valence-corrected chi connectivity index (χ4v) is 2.68. The molecule has 0 amide bonds. The summed E-state index contributed by atoms with van der Waals surface area (Å²) in [5, 5.41) is 23.8. The van der Waals surface area contributed by atoms with E-state index in [1.807, 2.05) is 17.5 Å². The lowest BCUT2D eigenvalue weighted by molar-refractivity contribution is -0.384. The van der Waals surface area contributed by atoms with Gasteiger partial charge in [-0.25, -0.2) is 5.10 Å². The zero-order chi connectivity index (χ0) is 15.5. The fraction of sp³-hybridized carbons (Fsp3) is 0. The topological polar surface area (TPSA) is 89.1 Å². The number of benzene rings is 1. The largest absolute Gasteiger partial charge is 0.270 e. The highest BCUT2D eigenvalue weighted by Gasteiger charge is 2.09. The van der Waals surface area contributed by atoms with Gasteiger partial charge in [-0.15, -0.1) is 11.3 Å². The van der Waals surface area contributed by atoms with Crippen molar-refractivity contribution in [1.82, 2.24) is 14.9 Å². The van der Waals surface area contributed by atoms with Crippen LogP contribution in [0.25, 0.3) is 10.7 Å². The van der Waals surface area contributed by atoms with Crippen molar-refractivity contribution in [2.24, 2.45) is 5.10 Å². The normalized spacial score (nSPS) is 11.1. The van der Waals surface area contributed by atoms with E-state index in [-0.39, 0.29) is 5.69 Å². The lowest BCUT2D eigenvalue weighted by Gasteiger charge is -1.98. The first-order valence-electron chi connectivity index (χ1n) is 6.15. The van der Waals surface area contributed by atoms with Crippen LogP contribution in [0.1, 0.15) is 5.56 Å². The molecule has 0 saturated heterocycles. The molecule has 0 radical (unpaired) electrons. The maximum absolute atomic E-state index is 10.8. The van der Waals surface area contributed by atoms with Gasteiger partial charge in [0.25, 0.3) is 5.69 Å². The van der Waals surface area contributed by atoms with Gasteiger partial charge in [0.05, 0.1) is 16.0 Å². The highest BCUT2D eigenvalue weighted by molar-refractivity contribution is 7.71. The SMILES string of the molecule is O=[N+]([O-])c1cccc(C=Nn2c(-c3cccs3)n[nH]c2=S)c1. The minimum absolute atomic E-state index is 0.0122. The second kappa shape index (κ2) is 6.00. The molecule has 0 aliphatic carbocycles. The molecule has 7 nitrogen and oxygen atoms in total. The van der Waals surface area contributed by atoms with E-state index < -0.39 is 4.92 Å². The number of nitro benzene ring substituents is 1. The minimum Gasteiger partial charge on any atom is -0.258 e. The first-order valence-corrected chi connectivity index (χ1v) is 7.44. The van der Waals surface area contributed by atoms with Gasteiger partial charge < -0.3 is 0 Å². The molecule has 9 heteroatoms. The summed E-state index contributed by atoms with van der Waals surface area (Å²) in [5.74, 6) is 0.599. The molecule has 0 aliphatic rings. The summed E-state index contributed by atoms with van der Waals surface area (Å²) in [5.41, 5.74) is 0.618. The standard InChI is InChI=1S/C13H9N5O2S2/c19-18(20)10-4-1-3-9(7-10)8-14-17-12(15-16-13(17)21)11-5-2-6-22-11/h1-8H,(H,16,21). The molecule has 2 aromatic heterocycles. The highest BCUT2D eigenvalue weighted by atomic mass is 32.1. The molecule has 22 heavy (non-hydrogen) atoms. The smallest absolute Gasteiger partial charge is 0.258 e. The van der Waals surface area contributed by atoms with Crippen LogP contribution in [0.15, 0.2) is 46.9 Å². The van der Waals surface area contributed by atoms with Crippen LogP contribution in [-0.2, 0) is 0 Å². The van der Waals surface area contributed by atoms with Crippen molar-refractivity contribution in [1.29, 1.82) is 0 Å². The van der Waals surface area contributed by atoms with E-state index in [4.69, 9.17) is 12.2 Å². The number of rotatable bonds is 4. The Morgan fingerprint density at radius 3 is 3.00 bits per heavy atom. The second-order valence-electron chi connectivity index (χ2n) is 4.24. The molecular weight excluding hydrogens is 322 g/mol. The van der Waals surface area contributed by atoms with Crippen molar-refractivity contribution in [2.75, 3.05) is 0 Å². The van der Waals surface area contributed by atoms with E-state index in [1.165, 1.54) is 34.4 Å². The molecule has 0 fully saturated rings. The number of nitrogens with one attached hydrogen (secondary N) is 1. The molecule has 0 spiro atoms. The van der Waals surface area contributed by atoms with E-state index in [2.05, 4.69) is 15.3 Å². The van der Waals surface area contributed by atoms with Gasteiger partial charge in [-0.05, 0) is 23.7 Å². The second-order valence-corrected chi connectivity index (χ2v) is 5.57. The predicted molar refractivity (Wildman–Crippen MR) is 86.8 cm³/mol. The monoisotopic (exact) mass is 331 g/mol. The summed E-state index contributed by atoms with van der Waals surface area (Å²) in [6, 6.07) is 10.0. The van der Waals surface area contributed by atoms with Gasteiger partial charge in [-0.1, -0.05) is 18.2 Å². The summed E-state index contributed by atoms with van der Waals surface area (Å²) >= 11 is 6.68. The third kappa shape index (κ3) is 2.85. The Labute approximate surface area is 133 Å². The van der Waals surface area contributed by atoms with Crippen molar-refractivity contribution < 1.29 is 4.92 Å². The Morgan fingerprint density at radius 1 is 1.41 bits per heavy atom. The molecule has 2 heterocycles. The van der Waals surface area contributed by atoms with Crippen molar-refractivity contribution >= 4 is 35.5 Å². The number of aromatic nitrogens is 3. The number of nitrogens with zero attached hydrogens (tertiary/aromatic N) is 4. The van der Waals surface area contributed by atoms with E-state index in [9.17, 15) is 10.1 Å². The predicted octanol–water partition coefficient (Wildman–Crippen LogP) is 3.46. The van der Waals surface area contributed by atoms with Gasteiger partial charge in [-0.2, -0.15) is 14.9 Å². The van der Waals surface area contributed by atoms with Gasteiger partial charge >= 0.3 is 0 Å². The molecule has 0 unspecified atom stereocenters. The summed E-state index contributed by atoms with van der Waals surface area (Å²) in [7, 11) is 0. The molecule has 110 valence electrons. The summed E-state index contributed by atoms with van der Waals surface area (Å²) in [6.45, 7) is 0. The van der Waals surface area contributed by atoms with Crippen LogP contribution in [0.4, 0.5) is 5.69 Å². The molecule has 0 bridgehead atoms. The van der Waals surface area contributed by atoms with Crippen LogP contribution in [0, 0.1) is 14.9 Å². The molecule has 3 aromatic rings. The van der Waals surface area contributed by atoms with Crippen LogP contribution < -0.4 is 0 Å². The van der Waals surface area contributed by atoms with Crippen molar-refractivity contribution in [3.8, 4) is 10.7 Å². The van der Waals surface area contributed by atoms with Gasteiger partial charge in [0.1, 0.15) is 0 Å². The minimum atomic E-state index is -0.447. The van der Waals surface area contributed by atoms with Gasteiger partial charge in [0.15, 0.2) is 5.82 Å². The number of non-ortho nitro benzene ring substituents is 1. The van der Waals surface area contributed by atoms with Crippen LogP contribution >= 0.6 is 23.6 Å². The molecular formula is C13H9N5O2S2. The van der Waals surface area contributed by atoms with E-state index in [0.29, 0.717) is 16.2 Å². The number of hydrogen-bond donors (Lipinski definition) is 1. The van der Waals surface area contributed by atoms with Crippen molar-refractivity contribution in [3.63, 3.8) is 0 Å². The lowest BCUT2D eigenvalue weighted by Crippen LogP contribution is -1.94. The number of hydrogen-bond acceptors (Lipinski definition) is 6. The first-order chi connectivity index (χ1) is 10.6. The zero-order valence-electron chi connectivity index (χ0n) is 11.0. The first kappa shape index (κ1) is 14.3.